The van der Waals surface area contributed by atoms with Crippen molar-refractivity contribution in [2.45, 2.75) is 33.1 Å². The van der Waals surface area contributed by atoms with Crippen molar-refractivity contribution in [3.05, 3.63) is 10.7 Å². The molecule has 1 aliphatic heterocycles. The van der Waals surface area contributed by atoms with Crippen LogP contribution in [0.5, 0.6) is 0 Å². The van der Waals surface area contributed by atoms with Gasteiger partial charge in [0.25, 0.3) is 0 Å². The van der Waals surface area contributed by atoms with E-state index >= 15 is 0 Å². The minimum atomic E-state index is 0.963. The van der Waals surface area contributed by atoms with Crippen molar-refractivity contribution in [2.24, 2.45) is 0 Å². The van der Waals surface area contributed by atoms with Gasteiger partial charge in [0.1, 0.15) is 5.16 Å². The van der Waals surface area contributed by atoms with E-state index in [4.69, 9.17) is 11.6 Å². The van der Waals surface area contributed by atoms with Crippen LogP contribution in [0.4, 0.5) is 0 Å². The average molecular weight is 174 g/mol. The van der Waals surface area contributed by atoms with Crippen molar-refractivity contribution in [3.63, 3.8) is 0 Å². The van der Waals surface area contributed by atoms with Gasteiger partial charge in [0.2, 0.25) is 0 Å². The highest BCUT2D eigenvalue weighted by molar-refractivity contribution is 6.29. The molecule has 0 aliphatic carbocycles. The molecule has 0 aromatic heterocycles. The molecule has 0 unspecified atom stereocenters. The van der Waals surface area contributed by atoms with Crippen molar-refractivity contribution in [1.82, 2.24) is 4.90 Å². The Morgan fingerprint density at radius 3 is 2.09 bits per heavy atom. The third-order valence-electron chi connectivity index (χ3n) is 2.05. The summed E-state index contributed by atoms with van der Waals surface area (Å²) in [5.41, 5.74) is 1.23. The monoisotopic (exact) mass is 173 g/mol. The van der Waals surface area contributed by atoms with Gasteiger partial charge in [-0.05, 0) is 38.7 Å². The van der Waals surface area contributed by atoms with Crippen molar-refractivity contribution in [1.29, 1.82) is 0 Å². The van der Waals surface area contributed by atoms with E-state index in [-0.39, 0.29) is 0 Å². The van der Waals surface area contributed by atoms with Gasteiger partial charge in [-0.2, -0.15) is 0 Å². The Bertz CT molecular complexity index is 153. The maximum Gasteiger partial charge on any atom is 0.103 e. The van der Waals surface area contributed by atoms with E-state index in [0.29, 0.717) is 0 Å². The second kappa shape index (κ2) is 4.01. The number of hydrogen-bond acceptors (Lipinski definition) is 1. The molecule has 0 amide bonds. The van der Waals surface area contributed by atoms with E-state index in [0.717, 1.165) is 18.2 Å². The largest absolute Gasteiger partial charge is 0.362 e. The van der Waals surface area contributed by atoms with E-state index in [1.807, 2.05) is 0 Å². The fourth-order valence-corrected chi connectivity index (χ4v) is 1.58. The number of rotatable bonds is 1. The lowest BCUT2D eigenvalue weighted by atomic mass is 10.1. The summed E-state index contributed by atoms with van der Waals surface area (Å²) in [5.74, 6) is 0. The van der Waals surface area contributed by atoms with Gasteiger partial charge in [-0.1, -0.05) is 11.6 Å². The molecular formula is C9H16ClN. The molecule has 1 heterocycles. The molecule has 1 fully saturated rings. The highest BCUT2D eigenvalue weighted by Crippen LogP contribution is 2.19. The molecule has 0 saturated carbocycles. The standard InChI is InChI=1S/C9H16ClN/c1-8(2)9(10)11-6-4-3-5-7-11/h3-7H2,1-2H3. The topological polar surface area (TPSA) is 3.24 Å². The normalized spacial score (nSPS) is 18.3. The van der Waals surface area contributed by atoms with Gasteiger partial charge < -0.3 is 4.90 Å². The fourth-order valence-electron chi connectivity index (χ4n) is 1.41. The summed E-state index contributed by atoms with van der Waals surface area (Å²) in [6.07, 6.45) is 3.95. The van der Waals surface area contributed by atoms with Gasteiger partial charge in [-0.25, -0.2) is 0 Å². The fraction of sp³-hybridized carbons (Fsp3) is 0.778. The summed E-state index contributed by atoms with van der Waals surface area (Å²) in [6.45, 7) is 6.42. The smallest absolute Gasteiger partial charge is 0.103 e. The average Bonchev–Trinajstić information content (AvgIpc) is 2.05. The molecule has 1 nitrogen and oxygen atoms in total. The molecule has 1 aliphatic rings. The maximum atomic E-state index is 6.10. The predicted molar refractivity (Wildman–Crippen MR) is 49.7 cm³/mol. The second-order valence-corrected chi connectivity index (χ2v) is 3.70. The summed E-state index contributed by atoms with van der Waals surface area (Å²) < 4.78 is 0. The lowest BCUT2D eigenvalue weighted by Gasteiger charge is -2.28. The van der Waals surface area contributed by atoms with Crippen LogP contribution in [0.3, 0.4) is 0 Å². The zero-order valence-electron chi connectivity index (χ0n) is 7.36. The van der Waals surface area contributed by atoms with Crippen molar-refractivity contribution in [2.75, 3.05) is 13.1 Å². The van der Waals surface area contributed by atoms with E-state index in [2.05, 4.69) is 18.7 Å². The molecule has 0 spiro atoms. The SMILES string of the molecule is CC(C)=C(Cl)N1CCCCC1. The number of piperidine rings is 1. The van der Waals surface area contributed by atoms with E-state index < -0.39 is 0 Å². The number of hydrogen-bond donors (Lipinski definition) is 0. The first-order valence-electron chi connectivity index (χ1n) is 4.30. The Kier molecular flexibility index (Phi) is 3.25. The van der Waals surface area contributed by atoms with Crippen LogP contribution in [0.15, 0.2) is 10.7 Å². The molecule has 0 aromatic carbocycles. The van der Waals surface area contributed by atoms with Crippen LogP contribution in [0.2, 0.25) is 0 Å². The zero-order valence-corrected chi connectivity index (χ0v) is 8.12. The first-order chi connectivity index (χ1) is 5.22. The first kappa shape index (κ1) is 8.92. The van der Waals surface area contributed by atoms with Gasteiger partial charge in [-0.15, -0.1) is 0 Å². The molecule has 2 heteroatoms. The molecule has 0 N–H and O–H groups in total. The van der Waals surface area contributed by atoms with Crippen molar-refractivity contribution in [3.8, 4) is 0 Å². The van der Waals surface area contributed by atoms with Crippen LogP contribution in [-0.4, -0.2) is 18.0 Å². The Morgan fingerprint density at radius 2 is 1.64 bits per heavy atom. The zero-order chi connectivity index (χ0) is 8.27. The number of likely N-dealkylation sites (tertiary alicyclic amines) is 1. The second-order valence-electron chi connectivity index (χ2n) is 3.34. The quantitative estimate of drug-likeness (QED) is 0.552. The highest BCUT2D eigenvalue weighted by atomic mass is 35.5. The summed E-state index contributed by atoms with van der Waals surface area (Å²) in [7, 11) is 0. The number of allylic oxidation sites excluding steroid dienone is 1. The molecule has 0 atom stereocenters. The molecule has 1 saturated heterocycles. The first-order valence-corrected chi connectivity index (χ1v) is 4.67. The third kappa shape index (κ3) is 2.41. The molecule has 11 heavy (non-hydrogen) atoms. The van der Waals surface area contributed by atoms with Crippen LogP contribution >= 0.6 is 11.6 Å². The molecular weight excluding hydrogens is 158 g/mol. The summed E-state index contributed by atoms with van der Waals surface area (Å²) in [5, 5.41) is 0.963. The van der Waals surface area contributed by atoms with E-state index in [9.17, 15) is 0 Å². The van der Waals surface area contributed by atoms with Gasteiger partial charge in [0.15, 0.2) is 0 Å². The molecule has 64 valence electrons. The van der Waals surface area contributed by atoms with E-state index in [1.165, 1.54) is 24.8 Å². The van der Waals surface area contributed by atoms with Crippen LogP contribution < -0.4 is 0 Å². The highest BCUT2D eigenvalue weighted by Gasteiger charge is 2.11. The van der Waals surface area contributed by atoms with Gasteiger partial charge in [-0.3, -0.25) is 0 Å². The Balaban J connectivity index is 2.52. The van der Waals surface area contributed by atoms with Crippen LogP contribution in [0, 0.1) is 0 Å². The summed E-state index contributed by atoms with van der Waals surface area (Å²) in [6, 6.07) is 0. The number of halogens is 1. The van der Waals surface area contributed by atoms with Gasteiger partial charge in [0, 0.05) is 13.1 Å². The minimum Gasteiger partial charge on any atom is -0.362 e. The molecule has 0 radical (unpaired) electrons. The molecule has 0 aromatic rings. The van der Waals surface area contributed by atoms with Crippen LogP contribution in [0.25, 0.3) is 0 Å². The lowest BCUT2D eigenvalue weighted by molar-refractivity contribution is 0.299. The Labute approximate surface area is 74.0 Å². The third-order valence-corrected chi connectivity index (χ3v) is 2.66. The van der Waals surface area contributed by atoms with Crippen molar-refractivity contribution >= 4 is 11.6 Å². The summed E-state index contributed by atoms with van der Waals surface area (Å²) in [4.78, 5) is 2.28. The molecule has 1 rings (SSSR count). The Hall–Kier alpha value is -0.170. The van der Waals surface area contributed by atoms with Crippen LogP contribution in [-0.2, 0) is 0 Å². The molecule has 0 bridgehead atoms. The van der Waals surface area contributed by atoms with E-state index in [1.54, 1.807) is 0 Å². The maximum absolute atomic E-state index is 6.10. The minimum absolute atomic E-state index is 0.963. The predicted octanol–water partition coefficient (Wildman–Crippen LogP) is 2.96. The number of nitrogens with zero attached hydrogens (tertiary/aromatic N) is 1. The van der Waals surface area contributed by atoms with Crippen LogP contribution in [0.1, 0.15) is 33.1 Å². The Morgan fingerprint density at radius 1 is 1.09 bits per heavy atom. The van der Waals surface area contributed by atoms with Crippen molar-refractivity contribution < 1.29 is 0 Å². The lowest BCUT2D eigenvalue weighted by Crippen LogP contribution is -2.27. The van der Waals surface area contributed by atoms with Gasteiger partial charge >= 0.3 is 0 Å². The summed E-state index contributed by atoms with van der Waals surface area (Å²) >= 11 is 6.10. The van der Waals surface area contributed by atoms with Gasteiger partial charge in [0.05, 0.1) is 0 Å².